The van der Waals surface area contributed by atoms with Gasteiger partial charge in [-0.05, 0) is 30.0 Å². The molecule has 1 aromatic rings. The second-order valence-corrected chi connectivity index (χ2v) is 5.06. The van der Waals surface area contributed by atoms with E-state index in [9.17, 15) is 0 Å². The van der Waals surface area contributed by atoms with Crippen molar-refractivity contribution >= 4 is 11.6 Å². The number of benzene rings is 1. The molecule has 1 aliphatic rings. The van der Waals surface area contributed by atoms with Crippen LogP contribution in [0.1, 0.15) is 38.2 Å². The average Bonchev–Trinajstić information content (AvgIpc) is 2.37. The molecule has 0 fully saturated rings. The van der Waals surface area contributed by atoms with Gasteiger partial charge < -0.3 is 9.47 Å². The highest BCUT2D eigenvalue weighted by molar-refractivity contribution is 6.21. The van der Waals surface area contributed by atoms with Crippen molar-refractivity contribution in [3.05, 3.63) is 23.8 Å². The van der Waals surface area contributed by atoms with Crippen LogP contribution in [-0.4, -0.2) is 18.6 Å². The summed E-state index contributed by atoms with van der Waals surface area (Å²) in [7, 11) is 0. The van der Waals surface area contributed by atoms with Crippen LogP contribution in [0.15, 0.2) is 18.2 Å². The maximum atomic E-state index is 6.38. The molecule has 1 heterocycles. The molecule has 2 unspecified atom stereocenters. The first kappa shape index (κ1) is 12.6. The Kier molecular flexibility index (Phi) is 4.16. The Hall–Kier alpha value is -0.890. The van der Waals surface area contributed by atoms with Gasteiger partial charge in [-0.15, -0.1) is 11.6 Å². The second-order valence-electron chi connectivity index (χ2n) is 4.50. The average molecular weight is 255 g/mol. The lowest BCUT2D eigenvalue weighted by molar-refractivity contribution is 0.171. The monoisotopic (exact) mass is 254 g/mol. The van der Waals surface area contributed by atoms with Gasteiger partial charge in [0.1, 0.15) is 13.2 Å². The van der Waals surface area contributed by atoms with E-state index in [1.807, 2.05) is 6.07 Å². The summed E-state index contributed by atoms with van der Waals surface area (Å²) in [5.74, 6) is 2.03. The van der Waals surface area contributed by atoms with E-state index < -0.39 is 0 Å². The first-order valence-electron chi connectivity index (χ1n) is 6.26. The van der Waals surface area contributed by atoms with Crippen molar-refractivity contribution in [3.8, 4) is 11.5 Å². The van der Waals surface area contributed by atoms with E-state index in [4.69, 9.17) is 21.1 Å². The van der Waals surface area contributed by atoms with Gasteiger partial charge in [-0.1, -0.05) is 26.3 Å². The molecule has 0 amide bonds. The third kappa shape index (κ3) is 2.86. The number of halogens is 1. The lowest BCUT2D eigenvalue weighted by Gasteiger charge is -2.22. The number of hydrogen-bond acceptors (Lipinski definition) is 2. The third-order valence-corrected chi connectivity index (χ3v) is 3.80. The minimum Gasteiger partial charge on any atom is -0.486 e. The van der Waals surface area contributed by atoms with Gasteiger partial charge in [0.2, 0.25) is 0 Å². The molecule has 0 radical (unpaired) electrons. The molecule has 3 heteroatoms. The number of ether oxygens (including phenoxy) is 2. The smallest absolute Gasteiger partial charge is 0.161 e. The lowest BCUT2D eigenvalue weighted by atomic mass is 9.94. The summed E-state index contributed by atoms with van der Waals surface area (Å²) < 4.78 is 11.1. The zero-order valence-electron chi connectivity index (χ0n) is 10.4. The Balaban J connectivity index is 2.15. The third-order valence-electron chi connectivity index (χ3n) is 3.20. The minimum absolute atomic E-state index is 0.183. The van der Waals surface area contributed by atoms with Crippen LogP contribution in [0.3, 0.4) is 0 Å². The SMILES string of the molecule is CCCC(Cl)C(C)c1ccc2c(c1)OCCO2. The van der Waals surface area contributed by atoms with E-state index in [1.54, 1.807) is 0 Å². The number of hydrogen-bond donors (Lipinski definition) is 0. The summed E-state index contributed by atoms with van der Waals surface area (Å²) in [5.41, 5.74) is 1.22. The molecule has 2 rings (SSSR count). The molecular weight excluding hydrogens is 236 g/mol. The zero-order chi connectivity index (χ0) is 12.3. The van der Waals surface area contributed by atoms with Crippen molar-refractivity contribution in [1.29, 1.82) is 0 Å². The molecule has 0 bridgehead atoms. The minimum atomic E-state index is 0.183. The first-order chi connectivity index (χ1) is 8.22. The van der Waals surface area contributed by atoms with E-state index in [0.29, 0.717) is 19.1 Å². The van der Waals surface area contributed by atoms with Gasteiger partial charge in [-0.3, -0.25) is 0 Å². The van der Waals surface area contributed by atoms with Crippen molar-refractivity contribution < 1.29 is 9.47 Å². The number of alkyl halides is 1. The highest BCUT2D eigenvalue weighted by Crippen LogP contribution is 2.35. The van der Waals surface area contributed by atoms with Crippen molar-refractivity contribution in [2.45, 2.75) is 38.0 Å². The molecule has 2 atom stereocenters. The van der Waals surface area contributed by atoms with Gasteiger partial charge in [0.15, 0.2) is 11.5 Å². The van der Waals surface area contributed by atoms with Crippen LogP contribution in [0.5, 0.6) is 11.5 Å². The fourth-order valence-corrected chi connectivity index (χ4v) is 2.44. The van der Waals surface area contributed by atoms with Gasteiger partial charge in [-0.25, -0.2) is 0 Å². The topological polar surface area (TPSA) is 18.5 Å². The summed E-state index contributed by atoms with van der Waals surface area (Å²) in [6.07, 6.45) is 2.15. The van der Waals surface area contributed by atoms with Crippen LogP contribution in [0.4, 0.5) is 0 Å². The van der Waals surface area contributed by atoms with Crippen LogP contribution in [0.25, 0.3) is 0 Å². The van der Waals surface area contributed by atoms with E-state index >= 15 is 0 Å². The molecule has 2 nitrogen and oxygen atoms in total. The number of fused-ring (bicyclic) bond motifs is 1. The molecular formula is C14H19ClO2. The summed E-state index contributed by atoms with van der Waals surface area (Å²) in [5, 5.41) is 0.183. The number of rotatable bonds is 4. The Bertz CT molecular complexity index is 378. The van der Waals surface area contributed by atoms with Crippen molar-refractivity contribution in [3.63, 3.8) is 0 Å². The summed E-state index contributed by atoms with van der Waals surface area (Å²) in [6.45, 7) is 5.59. The molecule has 1 aromatic carbocycles. The van der Waals surface area contributed by atoms with E-state index in [1.165, 1.54) is 5.56 Å². The first-order valence-corrected chi connectivity index (χ1v) is 6.69. The fourth-order valence-electron chi connectivity index (χ4n) is 2.08. The second kappa shape index (κ2) is 5.63. The largest absolute Gasteiger partial charge is 0.486 e. The molecule has 0 spiro atoms. The Morgan fingerprint density at radius 3 is 2.65 bits per heavy atom. The van der Waals surface area contributed by atoms with Crippen molar-refractivity contribution in [2.75, 3.05) is 13.2 Å². The Morgan fingerprint density at radius 1 is 1.24 bits per heavy atom. The quantitative estimate of drug-likeness (QED) is 0.757. The van der Waals surface area contributed by atoms with Gasteiger partial charge in [0.05, 0.1) is 0 Å². The highest BCUT2D eigenvalue weighted by Gasteiger charge is 2.19. The molecule has 1 aliphatic heterocycles. The van der Waals surface area contributed by atoms with Gasteiger partial charge >= 0.3 is 0 Å². The van der Waals surface area contributed by atoms with Crippen molar-refractivity contribution in [1.82, 2.24) is 0 Å². The van der Waals surface area contributed by atoms with Crippen LogP contribution in [0.2, 0.25) is 0 Å². The normalized spacial score (nSPS) is 17.6. The molecule has 0 N–H and O–H groups in total. The zero-order valence-corrected chi connectivity index (χ0v) is 11.2. The molecule has 94 valence electrons. The standard InChI is InChI=1S/C14H19ClO2/c1-3-4-12(15)10(2)11-5-6-13-14(9-11)17-8-7-16-13/h5-6,9-10,12H,3-4,7-8H2,1-2H3. The predicted molar refractivity (Wildman–Crippen MR) is 70.4 cm³/mol. The maximum Gasteiger partial charge on any atom is 0.161 e. The van der Waals surface area contributed by atoms with E-state index in [-0.39, 0.29) is 5.38 Å². The van der Waals surface area contributed by atoms with Crippen LogP contribution < -0.4 is 9.47 Å². The van der Waals surface area contributed by atoms with Crippen LogP contribution in [-0.2, 0) is 0 Å². The Labute approximate surface area is 108 Å². The van der Waals surface area contributed by atoms with Gasteiger partial charge in [0, 0.05) is 5.38 Å². The van der Waals surface area contributed by atoms with Crippen LogP contribution in [0, 0.1) is 0 Å². The summed E-state index contributed by atoms with van der Waals surface area (Å²) >= 11 is 6.38. The van der Waals surface area contributed by atoms with Crippen molar-refractivity contribution in [2.24, 2.45) is 0 Å². The summed E-state index contributed by atoms with van der Waals surface area (Å²) in [4.78, 5) is 0. The van der Waals surface area contributed by atoms with E-state index in [0.717, 1.165) is 24.3 Å². The molecule has 0 saturated heterocycles. The predicted octanol–water partition coefficient (Wildman–Crippen LogP) is 3.97. The molecule has 0 aliphatic carbocycles. The highest BCUT2D eigenvalue weighted by atomic mass is 35.5. The Morgan fingerprint density at radius 2 is 1.94 bits per heavy atom. The van der Waals surface area contributed by atoms with Gasteiger partial charge in [-0.2, -0.15) is 0 Å². The van der Waals surface area contributed by atoms with E-state index in [2.05, 4.69) is 26.0 Å². The maximum absolute atomic E-state index is 6.38. The lowest BCUT2D eigenvalue weighted by Crippen LogP contribution is -2.16. The molecule has 17 heavy (non-hydrogen) atoms. The van der Waals surface area contributed by atoms with Gasteiger partial charge in [0.25, 0.3) is 0 Å². The summed E-state index contributed by atoms with van der Waals surface area (Å²) in [6, 6.07) is 6.13. The molecule has 0 saturated carbocycles. The van der Waals surface area contributed by atoms with Crippen LogP contribution >= 0.6 is 11.6 Å². The fraction of sp³-hybridized carbons (Fsp3) is 0.571. The molecule has 0 aromatic heterocycles.